The summed E-state index contributed by atoms with van der Waals surface area (Å²) in [5, 5.41) is 27.7. The summed E-state index contributed by atoms with van der Waals surface area (Å²) in [7, 11) is 1.81. The van der Waals surface area contributed by atoms with Crippen LogP contribution in [0.1, 0.15) is 60.3 Å². The minimum absolute atomic E-state index is 0.0135. The fraction of sp³-hybridized carbons (Fsp3) is 0.289. The van der Waals surface area contributed by atoms with Gasteiger partial charge in [-0.15, -0.1) is 5.10 Å². The van der Waals surface area contributed by atoms with E-state index in [1.807, 2.05) is 73.8 Å². The number of thioether (sulfide) groups is 1. The SMILES string of the molecule is Cn1nnnc1SCC1CC(c2ccc(CO)cc2)OC(c2ccc(-c3cccc(CNC(=O)CCCC(=O)Nc4ccccc4N)c3)cc2)O1. The number of nitrogens with one attached hydrogen (secondary N) is 2. The number of anilines is 2. The number of nitrogen functional groups attached to an aromatic ring is 1. The minimum Gasteiger partial charge on any atom is -0.397 e. The second kappa shape index (κ2) is 17.2. The number of ether oxygens (including phenoxy) is 2. The Morgan fingerprint density at radius 3 is 2.41 bits per heavy atom. The van der Waals surface area contributed by atoms with E-state index in [9.17, 15) is 14.7 Å². The van der Waals surface area contributed by atoms with E-state index in [4.69, 9.17) is 15.2 Å². The molecule has 0 aliphatic carbocycles. The van der Waals surface area contributed by atoms with E-state index in [1.165, 1.54) is 11.8 Å². The molecule has 264 valence electrons. The molecule has 2 amide bonds. The second-order valence-corrected chi connectivity index (χ2v) is 13.3. The van der Waals surface area contributed by atoms with Gasteiger partial charge in [0.15, 0.2) is 6.29 Å². The third-order valence-electron chi connectivity index (χ3n) is 8.57. The van der Waals surface area contributed by atoms with Gasteiger partial charge in [-0.05, 0) is 62.9 Å². The number of aromatic nitrogens is 4. The number of para-hydroxylation sites is 2. The van der Waals surface area contributed by atoms with Crippen LogP contribution in [0.5, 0.6) is 0 Å². The number of benzene rings is 4. The Morgan fingerprint density at radius 1 is 0.902 bits per heavy atom. The lowest BCUT2D eigenvalue weighted by molar-refractivity contribution is -0.245. The highest BCUT2D eigenvalue weighted by Gasteiger charge is 2.32. The Hall–Kier alpha value is -5.08. The van der Waals surface area contributed by atoms with Crippen LogP contribution in [0, 0.1) is 0 Å². The highest BCUT2D eigenvalue weighted by molar-refractivity contribution is 7.99. The minimum atomic E-state index is -0.581. The van der Waals surface area contributed by atoms with Crippen LogP contribution in [-0.4, -0.2) is 49.0 Å². The molecule has 4 aromatic carbocycles. The number of aliphatic hydroxyl groups is 1. The molecule has 0 saturated carbocycles. The van der Waals surface area contributed by atoms with Gasteiger partial charge < -0.3 is 30.9 Å². The van der Waals surface area contributed by atoms with E-state index in [2.05, 4.69) is 32.2 Å². The summed E-state index contributed by atoms with van der Waals surface area (Å²) in [6.45, 7) is 0.367. The van der Waals surface area contributed by atoms with Crippen LogP contribution in [-0.2, 0) is 39.3 Å². The summed E-state index contributed by atoms with van der Waals surface area (Å²) in [4.78, 5) is 24.8. The average Bonchev–Trinajstić information content (AvgIpc) is 3.58. The fourth-order valence-corrected chi connectivity index (χ4v) is 6.62. The first-order valence-corrected chi connectivity index (χ1v) is 17.8. The van der Waals surface area contributed by atoms with Crippen LogP contribution < -0.4 is 16.4 Å². The molecule has 1 aromatic heterocycles. The third-order valence-corrected chi connectivity index (χ3v) is 9.71. The van der Waals surface area contributed by atoms with E-state index < -0.39 is 6.29 Å². The van der Waals surface area contributed by atoms with Crippen molar-refractivity contribution in [1.29, 1.82) is 0 Å². The van der Waals surface area contributed by atoms with Crippen LogP contribution >= 0.6 is 11.8 Å². The number of aliphatic hydroxyl groups excluding tert-OH is 1. The maximum absolute atomic E-state index is 12.5. The standard InChI is InChI=1S/C38H41N7O5S/c1-45-38(42-43-44-45)51-24-31-21-34(28-14-12-25(23-46)13-15-28)50-37(49-31)29-18-16-27(17-19-29)30-7-4-6-26(20-30)22-40-35(47)10-5-11-36(48)41-33-9-3-2-8-32(33)39/h2-4,6-9,12-20,31,34,37,46H,5,10-11,21-24,39H2,1H3,(H,40,47)(H,41,48). The van der Waals surface area contributed by atoms with Crippen molar-refractivity contribution in [1.82, 2.24) is 25.5 Å². The fourth-order valence-electron chi connectivity index (χ4n) is 5.75. The number of hydrogen-bond donors (Lipinski definition) is 4. The molecular weight excluding hydrogens is 667 g/mol. The smallest absolute Gasteiger partial charge is 0.224 e. The maximum atomic E-state index is 12.5. The Bertz CT molecular complexity index is 1920. The molecule has 13 heteroatoms. The Balaban J connectivity index is 1.04. The van der Waals surface area contributed by atoms with Gasteiger partial charge in [0.05, 0.1) is 30.2 Å². The summed E-state index contributed by atoms with van der Waals surface area (Å²) >= 11 is 1.54. The van der Waals surface area contributed by atoms with Crippen molar-refractivity contribution in [3.05, 3.63) is 119 Å². The first-order valence-electron chi connectivity index (χ1n) is 16.8. The molecule has 2 heterocycles. The predicted octanol–water partition coefficient (Wildman–Crippen LogP) is 5.71. The summed E-state index contributed by atoms with van der Waals surface area (Å²) in [5.41, 5.74) is 12.7. The van der Waals surface area contributed by atoms with E-state index in [-0.39, 0.29) is 43.5 Å². The van der Waals surface area contributed by atoms with E-state index >= 15 is 0 Å². The summed E-state index contributed by atoms with van der Waals surface area (Å²) in [6, 6.07) is 31.1. The van der Waals surface area contributed by atoms with Gasteiger partial charge >= 0.3 is 0 Å². The van der Waals surface area contributed by atoms with Crippen molar-refractivity contribution in [2.75, 3.05) is 16.8 Å². The highest BCUT2D eigenvalue weighted by atomic mass is 32.2. The van der Waals surface area contributed by atoms with Gasteiger partial charge in [-0.1, -0.05) is 90.6 Å². The van der Waals surface area contributed by atoms with Gasteiger partial charge in [0.2, 0.25) is 17.0 Å². The molecule has 1 aliphatic rings. The van der Waals surface area contributed by atoms with Crippen molar-refractivity contribution in [2.45, 2.75) is 62.5 Å². The van der Waals surface area contributed by atoms with E-state index in [1.54, 1.807) is 28.9 Å². The number of nitrogens with two attached hydrogens (primary N) is 1. The number of tetrazole rings is 1. The van der Waals surface area contributed by atoms with E-state index in [0.29, 0.717) is 41.7 Å². The molecule has 5 aromatic rings. The Labute approximate surface area is 300 Å². The molecule has 1 saturated heterocycles. The van der Waals surface area contributed by atoms with Crippen molar-refractivity contribution in [3.63, 3.8) is 0 Å². The molecule has 6 rings (SSSR count). The first-order chi connectivity index (χ1) is 24.8. The van der Waals surface area contributed by atoms with Crippen molar-refractivity contribution in [3.8, 4) is 11.1 Å². The Kier molecular flexibility index (Phi) is 12.1. The van der Waals surface area contributed by atoms with Gasteiger partial charge in [-0.2, -0.15) is 0 Å². The highest BCUT2D eigenvalue weighted by Crippen LogP contribution is 2.39. The van der Waals surface area contributed by atoms with Crippen LogP contribution in [0.4, 0.5) is 11.4 Å². The number of carbonyl (C=O) groups excluding carboxylic acids is 2. The van der Waals surface area contributed by atoms with Gasteiger partial charge in [0.1, 0.15) is 0 Å². The zero-order valence-electron chi connectivity index (χ0n) is 28.3. The Morgan fingerprint density at radius 2 is 1.67 bits per heavy atom. The molecule has 3 atom stereocenters. The molecule has 51 heavy (non-hydrogen) atoms. The largest absolute Gasteiger partial charge is 0.397 e. The van der Waals surface area contributed by atoms with Gasteiger partial charge in [-0.3, -0.25) is 9.59 Å². The zero-order chi connectivity index (χ0) is 35.6. The number of amides is 2. The number of nitrogens with zero attached hydrogens (tertiary/aromatic N) is 4. The maximum Gasteiger partial charge on any atom is 0.224 e. The second-order valence-electron chi connectivity index (χ2n) is 12.3. The molecule has 5 N–H and O–H groups in total. The lowest BCUT2D eigenvalue weighted by Crippen LogP contribution is -2.31. The zero-order valence-corrected chi connectivity index (χ0v) is 29.1. The topological polar surface area (TPSA) is 167 Å². The molecule has 1 aliphatic heterocycles. The van der Waals surface area contributed by atoms with Crippen LogP contribution in [0.2, 0.25) is 0 Å². The average molecular weight is 708 g/mol. The molecule has 0 bridgehead atoms. The van der Waals surface area contributed by atoms with Gasteiger partial charge in [0, 0.05) is 44.2 Å². The molecule has 0 spiro atoms. The molecule has 1 fully saturated rings. The summed E-state index contributed by atoms with van der Waals surface area (Å²) < 4.78 is 14.6. The normalized spacial score (nSPS) is 17.2. The summed E-state index contributed by atoms with van der Waals surface area (Å²) in [5.74, 6) is 0.362. The summed E-state index contributed by atoms with van der Waals surface area (Å²) in [6.07, 6.45) is 0.664. The van der Waals surface area contributed by atoms with Crippen LogP contribution in [0.3, 0.4) is 0 Å². The molecular formula is C38H41N7O5S. The number of rotatable bonds is 14. The van der Waals surface area contributed by atoms with Crippen molar-refractivity contribution >= 4 is 35.0 Å². The quantitative estimate of drug-likeness (QED) is 0.0829. The lowest BCUT2D eigenvalue weighted by atomic mass is 9.99. The van der Waals surface area contributed by atoms with Gasteiger partial charge in [0.25, 0.3) is 0 Å². The number of aryl methyl sites for hydroxylation is 1. The van der Waals surface area contributed by atoms with E-state index in [0.717, 1.165) is 33.4 Å². The lowest BCUT2D eigenvalue weighted by Gasteiger charge is -2.36. The molecule has 3 unspecified atom stereocenters. The number of carbonyl (C=O) groups is 2. The predicted molar refractivity (Wildman–Crippen MR) is 195 cm³/mol. The molecule has 12 nitrogen and oxygen atoms in total. The van der Waals surface area contributed by atoms with Crippen molar-refractivity contribution < 1.29 is 24.2 Å². The third kappa shape index (κ3) is 9.79. The monoisotopic (exact) mass is 707 g/mol. The number of hydrogen-bond acceptors (Lipinski definition) is 10. The van der Waals surface area contributed by atoms with Crippen LogP contribution in [0.25, 0.3) is 11.1 Å². The van der Waals surface area contributed by atoms with Crippen molar-refractivity contribution in [2.24, 2.45) is 7.05 Å². The molecule has 0 radical (unpaired) electrons. The van der Waals surface area contributed by atoms with Crippen LogP contribution in [0.15, 0.2) is 102 Å². The van der Waals surface area contributed by atoms with Gasteiger partial charge in [-0.25, -0.2) is 4.68 Å². The first kappa shape index (κ1) is 35.7.